The maximum Gasteiger partial charge on any atom is 0.450 e. The Morgan fingerprint density at radius 2 is 1.96 bits per heavy atom. The number of hydrogen-bond acceptors (Lipinski definition) is 4. The highest BCUT2D eigenvalue weighted by atomic mass is 79.9. The van der Waals surface area contributed by atoms with Crippen molar-refractivity contribution >= 4 is 39.0 Å². The largest absolute Gasteiger partial charge is 0.598 e. The zero-order valence-corrected chi connectivity index (χ0v) is 17.0. The van der Waals surface area contributed by atoms with Crippen molar-refractivity contribution in [2.24, 2.45) is 10.4 Å². The number of halogens is 6. The van der Waals surface area contributed by atoms with Crippen molar-refractivity contribution in [2.45, 2.75) is 57.0 Å². The van der Waals surface area contributed by atoms with Crippen LogP contribution >= 0.6 is 15.9 Å². The molecular weight excluding hydrogens is 447 g/mol. The van der Waals surface area contributed by atoms with E-state index in [4.69, 9.17) is 0 Å². The zero-order chi connectivity index (χ0) is 20.6. The molecule has 0 aromatic rings. The number of alkyl halides is 4. The van der Waals surface area contributed by atoms with Gasteiger partial charge in [-0.3, -0.25) is 4.79 Å². The summed E-state index contributed by atoms with van der Waals surface area (Å²) in [5, 5.41) is 0. The molecule has 0 radical (unpaired) electrons. The molecule has 0 aromatic carbocycles. The molecule has 0 fully saturated rings. The Balaban J connectivity index is 3.47. The van der Waals surface area contributed by atoms with E-state index in [-0.39, 0.29) is 6.42 Å². The highest BCUT2D eigenvalue weighted by Gasteiger charge is 2.60. The van der Waals surface area contributed by atoms with E-state index in [9.17, 15) is 31.3 Å². The molecule has 150 valence electrons. The minimum Gasteiger partial charge on any atom is -0.598 e. The number of nitrogens with zero attached hydrogens (tertiary/aromatic N) is 1. The highest BCUT2D eigenvalue weighted by molar-refractivity contribution is 9.11. The smallest absolute Gasteiger partial charge is 0.450 e. The molecule has 0 spiro atoms. The van der Waals surface area contributed by atoms with Crippen LogP contribution in [0.25, 0.3) is 0 Å². The van der Waals surface area contributed by atoms with Crippen LogP contribution in [0.5, 0.6) is 0 Å². The second-order valence-electron chi connectivity index (χ2n) is 7.30. The summed E-state index contributed by atoms with van der Waals surface area (Å²) in [6.45, 7) is 4.11. The fourth-order valence-electron chi connectivity index (χ4n) is 2.36. The van der Waals surface area contributed by atoms with Crippen molar-refractivity contribution in [1.82, 2.24) is 4.72 Å². The Morgan fingerprint density at radius 3 is 2.38 bits per heavy atom. The van der Waals surface area contributed by atoms with Gasteiger partial charge in [0.1, 0.15) is 17.0 Å². The first-order valence-electron chi connectivity index (χ1n) is 7.53. The first kappa shape index (κ1) is 23.5. The van der Waals surface area contributed by atoms with E-state index in [0.717, 1.165) is 13.1 Å². The zero-order valence-electron chi connectivity index (χ0n) is 14.6. The number of rotatable bonds is 6. The maximum atomic E-state index is 14.6. The first-order chi connectivity index (χ1) is 11.6. The summed E-state index contributed by atoms with van der Waals surface area (Å²) in [4.78, 5) is 15.1. The van der Waals surface area contributed by atoms with E-state index in [1.54, 1.807) is 0 Å². The van der Waals surface area contributed by atoms with Gasteiger partial charge in [-0.2, -0.15) is 17.6 Å². The number of aliphatic imine (C=N–C) groups is 1. The molecule has 0 saturated carbocycles. The van der Waals surface area contributed by atoms with Gasteiger partial charge in [0.2, 0.25) is 5.78 Å². The molecule has 4 nitrogen and oxygen atoms in total. The van der Waals surface area contributed by atoms with Crippen molar-refractivity contribution in [3.63, 3.8) is 0 Å². The number of Topliss-reactive ketones (excluding diaryl/α,β-unsaturated/α-hetero) is 1. The molecular formula is C15H20BrF5N2O2S. The quantitative estimate of drug-likeness (QED) is 0.469. The lowest BCUT2D eigenvalue weighted by Gasteiger charge is -2.47. The van der Waals surface area contributed by atoms with E-state index in [0.29, 0.717) is 4.48 Å². The van der Waals surface area contributed by atoms with Crippen LogP contribution in [0, 0.1) is 5.41 Å². The topological polar surface area (TPSA) is 64.5 Å². The summed E-state index contributed by atoms with van der Waals surface area (Å²) in [5.74, 6) is -3.39. The lowest BCUT2D eigenvalue weighted by molar-refractivity contribution is -0.173. The van der Waals surface area contributed by atoms with Gasteiger partial charge < -0.3 is 4.55 Å². The van der Waals surface area contributed by atoms with E-state index in [1.807, 2.05) is 0 Å². The van der Waals surface area contributed by atoms with Crippen LogP contribution in [0.3, 0.4) is 0 Å². The average Bonchev–Trinajstić information content (AvgIpc) is 2.48. The molecule has 1 rings (SSSR count). The van der Waals surface area contributed by atoms with Crippen LogP contribution in [-0.2, 0) is 16.2 Å². The van der Waals surface area contributed by atoms with Gasteiger partial charge in [0, 0.05) is 28.5 Å². The van der Waals surface area contributed by atoms with Gasteiger partial charge in [-0.1, -0.05) is 15.9 Å². The fraction of sp³-hybridized carbons (Fsp3) is 0.733. The van der Waals surface area contributed by atoms with E-state index < -0.39 is 58.1 Å². The molecule has 3 unspecified atom stereocenters. The average molecular weight is 467 g/mol. The number of carbonyl (C=O) groups is 1. The maximum absolute atomic E-state index is 14.6. The molecule has 3 atom stereocenters. The summed E-state index contributed by atoms with van der Waals surface area (Å²) in [5.41, 5.74) is -4.37. The van der Waals surface area contributed by atoms with Crippen molar-refractivity contribution in [2.75, 3.05) is 6.67 Å². The van der Waals surface area contributed by atoms with Crippen LogP contribution < -0.4 is 4.72 Å². The Bertz CT molecular complexity index is 620. The van der Waals surface area contributed by atoms with Crippen LogP contribution in [0.1, 0.15) is 40.5 Å². The lowest BCUT2D eigenvalue weighted by atomic mass is 9.66. The van der Waals surface area contributed by atoms with Crippen LogP contribution in [0.4, 0.5) is 22.0 Å². The lowest BCUT2D eigenvalue weighted by Crippen LogP contribution is -2.66. The number of hydrogen-bond donors (Lipinski definition) is 1. The monoisotopic (exact) mass is 466 g/mol. The highest BCUT2D eigenvalue weighted by Crippen LogP contribution is 2.47. The Kier molecular flexibility index (Phi) is 7.10. The molecule has 1 aliphatic rings. The molecule has 1 heterocycles. The van der Waals surface area contributed by atoms with E-state index >= 15 is 0 Å². The van der Waals surface area contributed by atoms with Crippen molar-refractivity contribution in [1.29, 1.82) is 0 Å². The molecule has 0 aliphatic carbocycles. The second-order valence-corrected chi connectivity index (χ2v) is 10.3. The molecule has 0 amide bonds. The summed E-state index contributed by atoms with van der Waals surface area (Å²) in [7, 11) is 0. The molecule has 11 heteroatoms. The number of nitrogens with one attached hydrogen (secondary N) is 1. The summed E-state index contributed by atoms with van der Waals surface area (Å²) in [6.07, 6.45) is -5.82. The SMILES string of the molecule is CC(C)(C)[S+]([O-])NC(CF)(CC(=O)C(F)(F)F)C1(C)CC(Br)=CN=C1F. The normalized spacial score (nSPS) is 25.2. The third kappa shape index (κ3) is 4.85. The number of ketones is 1. The molecule has 26 heavy (non-hydrogen) atoms. The van der Waals surface area contributed by atoms with E-state index in [2.05, 4.69) is 25.6 Å². The molecule has 1 aliphatic heterocycles. The predicted octanol–water partition coefficient (Wildman–Crippen LogP) is 4.28. The first-order valence-corrected chi connectivity index (χ1v) is 9.47. The Labute approximate surface area is 160 Å². The van der Waals surface area contributed by atoms with Crippen LogP contribution in [0.2, 0.25) is 0 Å². The van der Waals surface area contributed by atoms with Crippen molar-refractivity contribution in [3.8, 4) is 0 Å². The Hall–Kier alpha value is -0.520. The molecule has 0 bridgehead atoms. The van der Waals surface area contributed by atoms with Crippen LogP contribution in [0.15, 0.2) is 15.7 Å². The fourth-order valence-corrected chi connectivity index (χ4v) is 4.04. The molecule has 0 saturated heterocycles. The number of carbonyl (C=O) groups excluding carboxylic acids is 1. The van der Waals surface area contributed by atoms with Gasteiger partial charge >= 0.3 is 6.18 Å². The van der Waals surface area contributed by atoms with Gasteiger partial charge in [0.15, 0.2) is 5.97 Å². The van der Waals surface area contributed by atoms with E-state index in [1.165, 1.54) is 20.8 Å². The minimum atomic E-state index is -5.24. The summed E-state index contributed by atoms with van der Waals surface area (Å²) < 4.78 is 81.3. The second kappa shape index (κ2) is 7.84. The molecule has 1 N–H and O–H groups in total. The summed E-state index contributed by atoms with van der Waals surface area (Å²) >= 11 is 1.01. The van der Waals surface area contributed by atoms with Crippen LogP contribution in [-0.4, -0.2) is 39.4 Å². The van der Waals surface area contributed by atoms with Gasteiger partial charge in [0.25, 0.3) is 0 Å². The van der Waals surface area contributed by atoms with Gasteiger partial charge in [-0.05, 0) is 34.1 Å². The molecule has 0 aromatic heterocycles. The summed E-state index contributed by atoms with van der Waals surface area (Å²) in [6, 6.07) is 0. The number of allylic oxidation sites excluding steroid dienone is 1. The Morgan fingerprint density at radius 1 is 1.42 bits per heavy atom. The third-order valence-corrected chi connectivity index (χ3v) is 6.38. The third-order valence-electron chi connectivity index (χ3n) is 4.20. The predicted molar refractivity (Wildman–Crippen MR) is 93.7 cm³/mol. The standard InChI is InChI=1S/C15H20BrF5N2O2S/c1-12(2,3)26(25)23-14(8-17,6-10(24)15(19,20)21)13(4)5-9(16)7-22-11(13)18/h7,23H,5-6,8H2,1-4H3. The van der Waals surface area contributed by atoms with Crippen molar-refractivity contribution in [3.05, 3.63) is 10.7 Å². The van der Waals surface area contributed by atoms with Gasteiger partial charge in [-0.25, -0.2) is 9.38 Å². The minimum absolute atomic E-state index is 0.258. The van der Waals surface area contributed by atoms with Gasteiger partial charge in [0.05, 0.1) is 5.41 Å². The van der Waals surface area contributed by atoms with Gasteiger partial charge in [-0.15, -0.1) is 4.72 Å². The van der Waals surface area contributed by atoms with Crippen molar-refractivity contribution < 1.29 is 31.3 Å².